The average molecular weight is 370 g/mol. The summed E-state index contributed by atoms with van der Waals surface area (Å²) < 4.78 is 4.96. The fourth-order valence-electron chi connectivity index (χ4n) is 3.63. The van der Waals surface area contributed by atoms with Crippen LogP contribution < -0.4 is 9.80 Å². The Morgan fingerprint density at radius 3 is 1.96 bits per heavy atom. The predicted octanol–water partition coefficient (Wildman–Crippen LogP) is 4.77. The number of hydrogen-bond donors (Lipinski definition) is 0. The zero-order chi connectivity index (χ0) is 19.3. The maximum Gasteiger partial charge on any atom is 0.332 e. The van der Waals surface area contributed by atoms with E-state index in [4.69, 9.17) is 4.74 Å². The van der Waals surface area contributed by atoms with E-state index in [9.17, 15) is 4.79 Å². The Balaban J connectivity index is 1.87. The monoisotopic (exact) mass is 370 g/mol. The van der Waals surface area contributed by atoms with Crippen molar-refractivity contribution in [1.29, 1.82) is 0 Å². The quantitative estimate of drug-likeness (QED) is 0.489. The maximum atomic E-state index is 12.2. The fraction of sp³-hybridized carbons (Fsp3) is 0.125. The van der Waals surface area contributed by atoms with Crippen molar-refractivity contribution in [3.63, 3.8) is 0 Å². The van der Waals surface area contributed by atoms with Gasteiger partial charge in [0.2, 0.25) is 0 Å². The van der Waals surface area contributed by atoms with E-state index >= 15 is 0 Å². The van der Waals surface area contributed by atoms with Gasteiger partial charge in [-0.1, -0.05) is 66.7 Å². The van der Waals surface area contributed by atoms with Crippen LogP contribution in [0.4, 0.5) is 11.4 Å². The van der Waals surface area contributed by atoms with Gasteiger partial charge in [0.15, 0.2) is 0 Å². The molecule has 4 rings (SSSR count). The number of para-hydroxylation sites is 2. The van der Waals surface area contributed by atoms with Crippen LogP contribution in [-0.2, 0) is 9.53 Å². The number of methoxy groups -OCH3 is 1. The summed E-state index contributed by atoms with van der Waals surface area (Å²) in [4.78, 5) is 16.7. The zero-order valence-corrected chi connectivity index (χ0v) is 15.7. The maximum absolute atomic E-state index is 12.2. The first-order chi connectivity index (χ1) is 13.8. The lowest BCUT2D eigenvalue weighted by atomic mass is 10.0. The van der Waals surface area contributed by atoms with Crippen LogP contribution in [0.2, 0.25) is 0 Å². The average Bonchev–Trinajstić information content (AvgIpc) is 3.14. The highest BCUT2D eigenvalue weighted by molar-refractivity contribution is 5.85. The van der Waals surface area contributed by atoms with E-state index in [1.54, 1.807) is 6.08 Å². The first-order valence-electron chi connectivity index (χ1n) is 9.26. The van der Waals surface area contributed by atoms with Crippen molar-refractivity contribution in [2.45, 2.75) is 6.04 Å². The largest absolute Gasteiger partial charge is 0.466 e. The molecule has 0 bridgehead atoms. The molecule has 3 aromatic carbocycles. The highest BCUT2D eigenvalue weighted by Crippen LogP contribution is 2.42. The van der Waals surface area contributed by atoms with Crippen molar-refractivity contribution in [3.8, 4) is 0 Å². The van der Waals surface area contributed by atoms with E-state index in [-0.39, 0.29) is 12.0 Å². The molecule has 1 heterocycles. The van der Waals surface area contributed by atoms with Gasteiger partial charge in [-0.05, 0) is 29.8 Å². The molecule has 1 fully saturated rings. The van der Waals surface area contributed by atoms with Crippen molar-refractivity contribution in [2.75, 3.05) is 23.6 Å². The topological polar surface area (TPSA) is 32.8 Å². The second-order valence-corrected chi connectivity index (χ2v) is 6.62. The number of esters is 1. The molecule has 3 aromatic rings. The third-order valence-electron chi connectivity index (χ3n) is 4.94. The Morgan fingerprint density at radius 1 is 0.857 bits per heavy atom. The lowest BCUT2D eigenvalue weighted by Crippen LogP contribution is -2.25. The summed E-state index contributed by atoms with van der Waals surface area (Å²) in [5.41, 5.74) is 4.16. The smallest absolute Gasteiger partial charge is 0.332 e. The van der Waals surface area contributed by atoms with Gasteiger partial charge in [-0.3, -0.25) is 0 Å². The molecule has 0 aromatic heterocycles. The molecule has 28 heavy (non-hydrogen) atoms. The molecule has 140 valence electrons. The van der Waals surface area contributed by atoms with E-state index < -0.39 is 0 Å². The molecule has 1 aliphatic heterocycles. The van der Waals surface area contributed by atoms with Gasteiger partial charge in [-0.2, -0.15) is 0 Å². The third-order valence-corrected chi connectivity index (χ3v) is 4.94. The van der Waals surface area contributed by atoms with Crippen LogP contribution in [0, 0.1) is 0 Å². The Morgan fingerprint density at radius 2 is 1.39 bits per heavy atom. The molecule has 4 nitrogen and oxygen atoms in total. The first-order valence-corrected chi connectivity index (χ1v) is 9.26. The van der Waals surface area contributed by atoms with Crippen LogP contribution in [0.15, 0.2) is 103 Å². The molecular weight excluding hydrogens is 348 g/mol. The Kier molecular flexibility index (Phi) is 5.11. The van der Waals surface area contributed by atoms with Crippen LogP contribution in [-0.4, -0.2) is 19.7 Å². The minimum absolute atomic E-state index is 0.0945. The third kappa shape index (κ3) is 3.49. The number of benzene rings is 3. The Hall–Kier alpha value is -3.53. The molecule has 1 unspecified atom stereocenters. The summed E-state index contributed by atoms with van der Waals surface area (Å²) in [5, 5.41) is 0. The fourth-order valence-corrected chi connectivity index (χ4v) is 3.63. The van der Waals surface area contributed by atoms with Gasteiger partial charge in [-0.25, -0.2) is 4.79 Å². The van der Waals surface area contributed by atoms with Crippen LogP contribution in [0.1, 0.15) is 11.6 Å². The van der Waals surface area contributed by atoms with Gasteiger partial charge in [0.25, 0.3) is 0 Å². The highest BCUT2D eigenvalue weighted by atomic mass is 16.5. The van der Waals surface area contributed by atoms with Gasteiger partial charge in [0.1, 0.15) is 0 Å². The highest BCUT2D eigenvalue weighted by Gasteiger charge is 2.37. The first kappa shape index (κ1) is 17.9. The van der Waals surface area contributed by atoms with Gasteiger partial charge < -0.3 is 14.5 Å². The lowest BCUT2D eigenvalue weighted by molar-refractivity contribution is -0.134. The number of rotatable bonds is 4. The van der Waals surface area contributed by atoms with Crippen molar-refractivity contribution in [1.82, 2.24) is 0 Å². The summed E-state index contributed by atoms with van der Waals surface area (Å²) in [6, 6.07) is 30.6. The molecule has 0 saturated carbocycles. The standard InChI is InChI=1S/C24H22N2O2/c1-28-23(27)17-22-24(19-11-5-2-6-12-19)26(21-15-9-4-10-16-21)18-25(22)20-13-7-3-8-14-20/h2-17,24H,18H2,1H3/b22-17-. The minimum Gasteiger partial charge on any atom is -0.466 e. The normalized spacial score (nSPS) is 17.8. The molecule has 4 heteroatoms. The van der Waals surface area contributed by atoms with E-state index in [0.29, 0.717) is 6.67 Å². The summed E-state index contributed by atoms with van der Waals surface area (Å²) >= 11 is 0. The SMILES string of the molecule is COC(=O)/C=C1/C(c2ccccc2)N(c2ccccc2)CN1c1ccccc1. The van der Waals surface area contributed by atoms with Crippen molar-refractivity contribution < 1.29 is 9.53 Å². The lowest BCUT2D eigenvalue weighted by Gasteiger charge is -2.25. The zero-order valence-electron chi connectivity index (χ0n) is 15.7. The number of hydrogen-bond acceptors (Lipinski definition) is 4. The number of carbonyl (C=O) groups excluding carboxylic acids is 1. The van der Waals surface area contributed by atoms with Gasteiger partial charge in [-0.15, -0.1) is 0 Å². The van der Waals surface area contributed by atoms with E-state index in [0.717, 1.165) is 22.6 Å². The van der Waals surface area contributed by atoms with Gasteiger partial charge in [0.05, 0.1) is 25.5 Å². The van der Waals surface area contributed by atoms with Gasteiger partial charge in [0, 0.05) is 17.5 Å². The predicted molar refractivity (Wildman–Crippen MR) is 112 cm³/mol. The van der Waals surface area contributed by atoms with Crippen LogP contribution >= 0.6 is 0 Å². The second kappa shape index (κ2) is 8.01. The Bertz CT molecular complexity index is 956. The number of carbonyl (C=O) groups is 1. The molecular formula is C24H22N2O2. The van der Waals surface area contributed by atoms with E-state index in [2.05, 4.69) is 46.2 Å². The summed E-state index contributed by atoms with van der Waals surface area (Å²) in [5.74, 6) is -0.355. The van der Waals surface area contributed by atoms with Crippen LogP contribution in [0.25, 0.3) is 0 Å². The molecule has 1 atom stereocenters. The molecule has 1 saturated heterocycles. The van der Waals surface area contributed by atoms with E-state index in [1.165, 1.54) is 7.11 Å². The molecule has 0 N–H and O–H groups in total. The van der Waals surface area contributed by atoms with E-state index in [1.807, 2.05) is 54.6 Å². The number of ether oxygens (including phenoxy) is 1. The minimum atomic E-state index is -0.355. The Labute approximate surface area is 165 Å². The van der Waals surface area contributed by atoms with Crippen LogP contribution in [0.3, 0.4) is 0 Å². The molecule has 0 spiro atoms. The summed E-state index contributed by atoms with van der Waals surface area (Å²) in [7, 11) is 1.41. The second-order valence-electron chi connectivity index (χ2n) is 6.62. The summed E-state index contributed by atoms with van der Waals surface area (Å²) in [6.07, 6.45) is 1.60. The van der Waals surface area contributed by atoms with Crippen molar-refractivity contribution >= 4 is 17.3 Å². The molecule has 0 radical (unpaired) electrons. The molecule has 0 amide bonds. The number of nitrogens with zero attached hydrogens (tertiary/aromatic N) is 2. The molecule has 0 aliphatic carbocycles. The molecule has 1 aliphatic rings. The summed E-state index contributed by atoms with van der Waals surface area (Å²) in [6.45, 7) is 0.635. The number of anilines is 2. The van der Waals surface area contributed by atoms with Crippen molar-refractivity contribution in [3.05, 3.63) is 108 Å². The van der Waals surface area contributed by atoms with Gasteiger partial charge >= 0.3 is 5.97 Å². The van der Waals surface area contributed by atoms with Crippen molar-refractivity contribution in [2.24, 2.45) is 0 Å². The van der Waals surface area contributed by atoms with Crippen LogP contribution in [0.5, 0.6) is 0 Å².